The van der Waals surface area contributed by atoms with Gasteiger partial charge in [-0.1, -0.05) is 19.1 Å². The van der Waals surface area contributed by atoms with E-state index in [0.29, 0.717) is 30.5 Å². The number of likely N-dealkylation sites (tertiary alicyclic amines) is 1. The van der Waals surface area contributed by atoms with E-state index in [9.17, 15) is 13.2 Å². The minimum absolute atomic E-state index is 0.0119. The van der Waals surface area contributed by atoms with Crippen molar-refractivity contribution in [3.8, 4) is 0 Å². The van der Waals surface area contributed by atoms with Crippen molar-refractivity contribution in [2.75, 3.05) is 26.2 Å². The average Bonchev–Trinajstić information content (AvgIpc) is 3.28. The summed E-state index contributed by atoms with van der Waals surface area (Å²) in [6.45, 7) is 4.66. The molecule has 0 spiro atoms. The summed E-state index contributed by atoms with van der Waals surface area (Å²) in [5.41, 5.74) is 1.57. The zero-order valence-corrected chi connectivity index (χ0v) is 20.4. The van der Waals surface area contributed by atoms with Crippen molar-refractivity contribution in [1.82, 2.24) is 14.2 Å². The Morgan fingerprint density at radius 2 is 1.73 bits per heavy atom. The van der Waals surface area contributed by atoms with Crippen molar-refractivity contribution < 1.29 is 13.2 Å². The predicted molar refractivity (Wildman–Crippen MR) is 131 cm³/mol. The molecule has 1 amide bonds. The van der Waals surface area contributed by atoms with Crippen LogP contribution in [-0.4, -0.2) is 54.7 Å². The van der Waals surface area contributed by atoms with Crippen molar-refractivity contribution in [1.29, 1.82) is 0 Å². The van der Waals surface area contributed by atoms with Crippen molar-refractivity contribution in [3.05, 3.63) is 59.1 Å². The number of aromatic nitrogens is 1. The van der Waals surface area contributed by atoms with Gasteiger partial charge in [0.15, 0.2) is 0 Å². The maximum Gasteiger partial charge on any atom is 0.253 e. The van der Waals surface area contributed by atoms with E-state index < -0.39 is 10.0 Å². The summed E-state index contributed by atoms with van der Waals surface area (Å²) < 4.78 is 29.2. The van der Waals surface area contributed by atoms with Crippen molar-refractivity contribution in [2.24, 2.45) is 5.92 Å². The van der Waals surface area contributed by atoms with Gasteiger partial charge in [-0.2, -0.15) is 4.31 Å². The molecule has 2 saturated heterocycles. The lowest BCUT2D eigenvalue weighted by Crippen LogP contribution is -2.39. The summed E-state index contributed by atoms with van der Waals surface area (Å²) >= 11 is 1.71. The second-order valence-electron chi connectivity index (χ2n) is 9.22. The molecule has 0 aliphatic carbocycles. The summed E-state index contributed by atoms with van der Waals surface area (Å²) in [7, 11) is -3.58. The topological polar surface area (TPSA) is 70.6 Å². The standard InChI is InChI=1S/C25H29N3O3S2/c1-18-5-4-14-27(17-18)25(29)20-8-10-21(11-9-20)33(30,31)28-15-12-19(13-16-28)24-26-22-6-2-3-7-23(22)32-24/h2-3,6-11,18-19H,4-5,12-17H2,1H3/t18-/m0/s1. The number of fused-ring (bicyclic) bond motifs is 1. The van der Waals surface area contributed by atoms with Gasteiger partial charge in [0.25, 0.3) is 5.91 Å². The SMILES string of the molecule is C[C@H]1CCCN(C(=O)c2ccc(S(=O)(=O)N3CCC(c4nc5ccccc5s4)CC3)cc2)C1. The molecule has 2 aromatic carbocycles. The molecular formula is C25H29N3O3S2. The molecule has 8 heteroatoms. The predicted octanol–water partition coefficient (Wildman–Crippen LogP) is 4.74. The Bertz CT molecular complexity index is 1210. The monoisotopic (exact) mass is 483 g/mol. The first-order valence-electron chi connectivity index (χ1n) is 11.7. The molecule has 0 radical (unpaired) electrons. The van der Waals surface area contributed by atoms with Gasteiger partial charge in [0.2, 0.25) is 10.0 Å². The second-order valence-corrected chi connectivity index (χ2v) is 12.2. The first-order valence-corrected chi connectivity index (χ1v) is 13.9. The Hall–Kier alpha value is -2.29. The Morgan fingerprint density at radius 3 is 2.42 bits per heavy atom. The zero-order chi connectivity index (χ0) is 23.0. The number of carbonyl (C=O) groups excluding carboxylic acids is 1. The average molecular weight is 484 g/mol. The van der Waals surface area contributed by atoms with E-state index in [1.807, 2.05) is 23.1 Å². The highest BCUT2D eigenvalue weighted by Crippen LogP contribution is 2.35. The quantitative estimate of drug-likeness (QED) is 0.538. The van der Waals surface area contributed by atoms with E-state index in [4.69, 9.17) is 4.98 Å². The van der Waals surface area contributed by atoms with Gasteiger partial charge in [0.1, 0.15) is 0 Å². The van der Waals surface area contributed by atoms with Crippen LogP contribution in [0.2, 0.25) is 0 Å². The van der Waals surface area contributed by atoms with E-state index in [1.54, 1.807) is 39.9 Å². The fourth-order valence-corrected chi connectivity index (χ4v) is 7.49. The van der Waals surface area contributed by atoms with E-state index in [1.165, 1.54) is 4.70 Å². The number of hydrogen-bond acceptors (Lipinski definition) is 5. The van der Waals surface area contributed by atoms with Crippen LogP contribution in [-0.2, 0) is 10.0 Å². The molecule has 2 fully saturated rings. The Balaban J connectivity index is 1.25. The molecule has 3 aromatic rings. The molecular weight excluding hydrogens is 454 g/mol. The molecule has 2 aliphatic rings. The van der Waals surface area contributed by atoms with E-state index in [0.717, 1.165) is 49.3 Å². The molecule has 33 heavy (non-hydrogen) atoms. The van der Waals surface area contributed by atoms with E-state index in [-0.39, 0.29) is 10.8 Å². The van der Waals surface area contributed by atoms with Gasteiger partial charge in [0.05, 0.1) is 20.1 Å². The van der Waals surface area contributed by atoms with Crippen LogP contribution in [0.25, 0.3) is 10.2 Å². The van der Waals surface area contributed by atoms with Crippen LogP contribution >= 0.6 is 11.3 Å². The first-order chi connectivity index (χ1) is 15.9. The molecule has 0 bridgehead atoms. The van der Waals surface area contributed by atoms with E-state index in [2.05, 4.69) is 13.0 Å². The van der Waals surface area contributed by atoms with Gasteiger partial charge < -0.3 is 4.90 Å². The zero-order valence-electron chi connectivity index (χ0n) is 18.8. The lowest BCUT2D eigenvalue weighted by molar-refractivity contribution is 0.0683. The largest absolute Gasteiger partial charge is 0.338 e. The van der Waals surface area contributed by atoms with Crippen LogP contribution in [0.15, 0.2) is 53.4 Å². The molecule has 174 valence electrons. The molecule has 1 aromatic heterocycles. The summed E-state index contributed by atoms with van der Waals surface area (Å²) in [5, 5.41) is 1.10. The fourth-order valence-electron chi connectivity index (χ4n) is 4.88. The number of piperidine rings is 2. The third kappa shape index (κ3) is 4.56. The molecule has 0 N–H and O–H groups in total. The summed E-state index contributed by atoms with van der Waals surface area (Å²) in [6.07, 6.45) is 3.70. The van der Waals surface area contributed by atoms with Crippen LogP contribution < -0.4 is 0 Å². The van der Waals surface area contributed by atoms with Crippen LogP contribution in [0, 0.1) is 5.92 Å². The van der Waals surface area contributed by atoms with Crippen LogP contribution in [0.3, 0.4) is 0 Å². The Morgan fingerprint density at radius 1 is 1.00 bits per heavy atom. The fraction of sp³-hybridized carbons (Fsp3) is 0.440. The second kappa shape index (κ2) is 9.16. The third-order valence-electron chi connectivity index (χ3n) is 6.80. The van der Waals surface area contributed by atoms with Crippen LogP contribution in [0.5, 0.6) is 0 Å². The van der Waals surface area contributed by atoms with Gasteiger partial charge in [0, 0.05) is 37.7 Å². The molecule has 6 nitrogen and oxygen atoms in total. The number of thiazole rings is 1. The Labute approximate surface area is 199 Å². The van der Waals surface area contributed by atoms with Gasteiger partial charge in [-0.25, -0.2) is 13.4 Å². The van der Waals surface area contributed by atoms with Gasteiger partial charge in [-0.05, 0) is 68.0 Å². The molecule has 3 heterocycles. The van der Waals surface area contributed by atoms with Crippen LogP contribution in [0.1, 0.15) is 53.9 Å². The van der Waals surface area contributed by atoms with Gasteiger partial charge in [-0.15, -0.1) is 11.3 Å². The molecule has 0 unspecified atom stereocenters. The van der Waals surface area contributed by atoms with Crippen LogP contribution in [0.4, 0.5) is 0 Å². The van der Waals surface area contributed by atoms with Crippen molar-refractivity contribution in [3.63, 3.8) is 0 Å². The number of para-hydroxylation sites is 1. The smallest absolute Gasteiger partial charge is 0.253 e. The normalized spacial score (nSPS) is 20.9. The number of nitrogens with zero attached hydrogens (tertiary/aromatic N) is 3. The van der Waals surface area contributed by atoms with E-state index >= 15 is 0 Å². The molecule has 0 saturated carbocycles. The number of carbonyl (C=O) groups is 1. The maximum absolute atomic E-state index is 13.2. The van der Waals surface area contributed by atoms with Gasteiger partial charge in [-0.3, -0.25) is 4.79 Å². The molecule has 1 atom stereocenters. The number of sulfonamides is 1. The van der Waals surface area contributed by atoms with Gasteiger partial charge >= 0.3 is 0 Å². The summed E-state index contributed by atoms with van der Waals surface area (Å²) in [4.78, 5) is 19.7. The molecule has 2 aliphatic heterocycles. The highest BCUT2D eigenvalue weighted by molar-refractivity contribution is 7.89. The minimum atomic E-state index is -3.58. The lowest BCUT2D eigenvalue weighted by atomic mass is 9.99. The highest BCUT2D eigenvalue weighted by atomic mass is 32.2. The Kier molecular flexibility index (Phi) is 6.24. The molecule has 5 rings (SSSR count). The number of hydrogen-bond donors (Lipinski definition) is 0. The lowest BCUT2D eigenvalue weighted by Gasteiger charge is -2.31. The summed E-state index contributed by atoms with van der Waals surface area (Å²) in [5.74, 6) is 0.788. The number of amides is 1. The number of rotatable bonds is 4. The highest BCUT2D eigenvalue weighted by Gasteiger charge is 2.31. The van der Waals surface area contributed by atoms with Crippen molar-refractivity contribution in [2.45, 2.75) is 43.4 Å². The maximum atomic E-state index is 13.2. The summed E-state index contributed by atoms with van der Waals surface area (Å²) in [6, 6.07) is 14.6. The first kappa shape index (κ1) is 22.5. The van der Waals surface area contributed by atoms with Crippen molar-refractivity contribution >= 4 is 37.5 Å². The number of benzene rings is 2. The minimum Gasteiger partial charge on any atom is -0.338 e. The third-order valence-corrected chi connectivity index (χ3v) is 9.91.